The molecular weight excluding hydrogens is 457 g/mol. The number of benzene rings is 3. The van der Waals surface area contributed by atoms with Gasteiger partial charge in [-0.2, -0.15) is 0 Å². The monoisotopic (exact) mass is 479 g/mol. The van der Waals surface area contributed by atoms with E-state index < -0.39 is 5.82 Å². The van der Waals surface area contributed by atoms with Crippen LogP contribution in [-0.4, -0.2) is 47.6 Å². The van der Waals surface area contributed by atoms with Crippen LogP contribution in [0.15, 0.2) is 71.9 Å². The van der Waals surface area contributed by atoms with Gasteiger partial charge in [0.25, 0.3) is 0 Å². The first kappa shape index (κ1) is 23.3. The molecule has 0 fully saturated rings. The number of hydrogen-bond donors (Lipinski definition) is 0. The highest BCUT2D eigenvalue weighted by atomic mass is 32.2. The molecule has 0 saturated heterocycles. The highest BCUT2D eigenvalue weighted by Crippen LogP contribution is 2.34. The molecule has 0 saturated carbocycles. The summed E-state index contributed by atoms with van der Waals surface area (Å²) in [7, 11) is 4.57. The van der Waals surface area contributed by atoms with Crippen molar-refractivity contribution in [2.24, 2.45) is 0 Å². The molecule has 0 atom stereocenters. The second-order valence-electron chi connectivity index (χ2n) is 7.10. The molecule has 34 heavy (non-hydrogen) atoms. The van der Waals surface area contributed by atoms with Crippen molar-refractivity contribution < 1.29 is 23.4 Å². The van der Waals surface area contributed by atoms with Gasteiger partial charge in [0.15, 0.2) is 28.3 Å². The van der Waals surface area contributed by atoms with Crippen LogP contribution in [0.2, 0.25) is 0 Å². The van der Waals surface area contributed by atoms with Crippen LogP contribution in [0.1, 0.15) is 10.4 Å². The Hall–Kier alpha value is -3.85. The largest absolute Gasteiger partial charge is 0.497 e. The number of hydrogen-bond acceptors (Lipinski definition) is 7. The summed E-state index contributed by atoms with van der Waals surface area (Å²) in [5.74, 6) is 1.23. The van der Waals surface area contributed by atoms with Crippen molar-refractivity contribution in [3.05, 3.63) is 78.1 Å². The fraction of sp³-hybridized carbons (Fsp3) is 0.160. The van der Waals surface area contributed by atoms with Crippen LogP contribution in [0.5, 0.6) is 17.2 Å². The summed E-state index contributed by atoms with van der Waals surface area (Å²) in [6, 6.07) is 19.1. The van der Waals surface area contributed by atoms with Crippen molar-refractivity contribution in [2.75, 3.05) is 27.1 Å². The number of ether oxygens (including phenoxy) is 3. The maximum absolute atomic E-state index is 14.1. The second-order valence-corrected chi connectivity index (χ2v) is 8.04. The molecule has 0 aliphatic carbocycles. The van der Waals surface area contributed by atoms with E-state index in [4.69, 9.17) is 14.2 Å². The third kappa shape index (κ3) is 4.74. The van der Waals surface area contributed by atoms with Gasteiger partial charge in [0.2, 0.25) is 0 Å². The highest BCUT2D eigenvalue weighted by Gasteiger charge is 2.20. The van der Waals surface area contributed by atoms with Crippen LogP contribution in [0, 0.1) is 5.82 Å². The van der Waals surface area contributed by atoms with Crippen molar-refractivity contribution in [1.29, 1.82) is 0 Å². The first-order chi connectivity index (χ1) is 16.5. The SMILES string of the molecule is COc1ccc(-n2c(SCC(=O)c3ccc(OC)c(F)c3)nnc2-c2ccccc2OC)cc1. The summed E-state index contributed by atoms with van der Waals surface area (Å²) in [5.41, 5.74) is 1.80. The Morgan fingerprint density at radius 2 is 1.65 bits per heavy atom. The van der Waals surface area contributed by atoms with Crippen molar-refractivity contribution in [1.82, 2.24) is 14.8 Å². The summed E-state index contributed by atoms with van der Waals surface area (Å²) >= 11 is 1.21. The number of Topliss-reactive ketones (excluding diaryl/α,β-unsaturated/α-hetero) is 1. The lowest BCUT2D eigenvalue weighted by atomic mass is 10.1. The molecule has 0 aliphatic heterocycles. The molecule has 0 radical (unpaired) electrons. The highest BCUT2D eigenvalue weighted by molar-refractivity contribution is 7.99. The molecule has 0 amide bonds. The molecule has 3 aromatic carbocycles. The second kappa shape index (κ2) is 10.4. The predicted molar refractivity (Wildman–Crippen MR) is 128 cm³/mol. The Balaban J connectivity index is 1.69. The van der Waals surface area contributed by atoms with E-state index in [0.717, 1.165) is 11.3 Å². The quantitative estimate of drug-likeness (QED) is 0.245. The van der Waals surface area contributed by atoms with Crippen LogP contribution < -0.4 is 14.2 Å². The number of aromatic nitrogens is 3. The summed E-state index contributed by atoms with van der Waals surface area (Å²) < 4.78 is 31.6. The lowest BCUT2D eigenvalue weighted by Crippen LogP contribution is -2.06. The van der Waals surface area contributed by atoms with E-state index in [9.17, 15) is 9.18 Å². The van der Waals surface area contributed by atoms with Gasteiger partial charge in [-0.05, 0) is 54.6 Å². The molecule has 0 unspecified atom stereocenters. The molecule has 9 heteroatoms. The van der Waals surface area contributed by atoms with Gasteiger partial charge in [0.1, 0.15) is 11.5 Å². The van der Waals surface area contributed by atoms with E-state index in [2.05, 4.69) is 10.2 Å². The minimum Gasteiger partial charge on any atom is -0.497 e. The third-order valence-electron chi connectivity index (χ3n) is 5.12. The van der Waals surface area contributed by atoms with Gasteiger partial charge in [-0.3, -0.25) is 9.36 Å². The molecule has 174 valence electrons. The number of halogens is 1. The Kier molecular flexibility index (Phi) is 7.12. The van der Waals surface area contributed by atoms with Gasteiger partial charge >= 0.3 is 0 Å². The number of methoxy groups -OCH3 is 3. The smallest absolute Gasteiger partial charge is 0.196 e. The molecule has 0 N–H and O–H groups in total. The molecule has 0 aliphatic rings. The molecule has 7 nitrogen and oxygen atoms in total. The number of thioether (sulfide) groups is 1. The van der Waals surface area contributed by atoms with Gasteiger partial charge in [0.05, 0.1) is 38.3 Å². The Morgan fingerprint density at radius 3 is 2.32 bits per heavy atom. The van der Waals surface area contributed by atoms with Crippen molar-refractivity contribution >= 4 is 17.5 Å². The first-order valence-corrected chi connectivity index (χ1v) is 11.3. The molecule has 0 bridgehead atoms. The topological polar surface area (TPSA) is 75.5 Å². The Morgan fingerprint density at radius 1 is 0.912 bits per heavy atom. The predicted octanol–water partition coefficient (Wildman–Crippen LogP) is 5.07. The average molecular weight is 480 g/mol. The minimum absolute atomic E-state index is 0.0476. The molecule has 0 spiro atoms. The number of carbonyl (C=O) groups is 1. The van der Waals surface area contributed by atoms with E-state index in [-0.39, 0.29) is 22.8 Å². The zero-order valence-electron chi connectivity index (χ0n) is 18.8. The fourth-order valence-electron chi connectivity index (χ4n) is 3.38. The Labute approximate surface area is 200 Å². The lowest BCUT2D eigenvalue weighted by Gasteiger charge is -2.13. The van der Waals surface area contributed by atoms with E-state index in [0.29, 0.717) is 22.5 Å². The number of rotatable bonds is 9. The van der Waals surface area contributed by atoms with E-state index in [1.807, 2.05) is 53.1 Å². The normalized spacial score (nSPS) is 10.7. The van der Waals surface area contributed by atoms with Crippen LogP contribution in [0.25, 0.3) is 17.1 Å². The van der Waals surface area contributed by atoms with Crippen molar-refractivity contribution in [3.63, 3.8) is 0 Å². The van der Waals surface area contributed by atoms with Crippen LogP contribution >= 0.6 is 11.8 Å². The third-order valence-corrected chi connectivity index (χ3v) is 6.05. The molecule has 1 aromatic heterocycles. The van der Waals surface area contributed by atoms with Gasteiger partial charge in [-0.15, -0.1) is 10.2 Å². The molecule has 1 heterocycles. The van der Waals surface area contributed by atoms with Gasteiger partial charge in [0, 0.05) is 5.56 Å². The molecule has 4 aromatic rings. The Bertz CT molecular complexity index is 1310. The maximum atomic E-state index is 14.1. The van der Waals surface area contributed by atoms with Crippen molar-refractivity contribution in [3.8, 4) is 34.3 Å². The molecular formula is C25H22FN3O4S. The van der Waals surface area contributed by atoms with E-state index in [1.165, 1.54) is 31.0 Å². The number of ketones is 1. The fourth-order valence-corrected chi connectivity index (χ4v) is 4.23. The standard InChI is InChI=1S/C25H22FN3O4S/c1-31-18-11-9-17(10-12-18)29-24(19-6-4-5-7-22(19)32-2)27-28-25(29)34-15-21(30)16-8-13-23(33-3)20(26)14-16/h4-14H,15H2,1-3H3. The summed E-state index contributed by atoms with van der Waals surface area (Å²) in [5, 5.41) is 9.24. The maximum Gasteiger partial charge on any atom is 0.196 e. The van der Waals surface area contributed by atoms with Crippen LogP contribution in [0.3, 0.4) is 0 Å². The zero-order chi connectivity index (χ0) is 24.1. The van der Waals surface area contributed by atoms with Crippen LogP contribution in [0.4, 0.5) is 4.39 Å². The van der Waals surface area contributed by atoms with E-state index >= 15 is 0 Å². The zero-order valence-corrected chi connectivity index (χ0v) is 19.6. The number of carbonyl (C=O) groups excluding carboxylic acids is 1. The molecule has 4 rings (SSSR count). The van der Waals surface area contributed by atoms with Crippen molar-refractivity contribution in [2.45, 2.75) is 5.16 Å². The lowest BCUT2D eigenvalue weighted by molar-refractivity contribution is 0.102. The average Bonchev–Trinajstić information content (AvgIpc) is 3.30. The van der Waals surface area contributed by atoms with Gasteiger partial charge in [-0.25, -0.2) is 4.39 Å². The number of nitrogens with zero attached hydrogens (tertiary/aromatic N) is 3. The van der Waals surface area contributed by atoms with Gasteiger partial charge in [-0.1, -0.05) is 23.9 Å². The minimum atomic E-state index is -0.585. The first-order valence-electron chi connectivity index (χ1n) is 10.3. The summed E-state index contributed by atoms with van der Waals surface area (Å²) in [6.07, 6.45) is 0. The summed E-state index contributed by atoms with van der Waals surface area (Å²) in [6.45, 7) is 0. The van der Waals surface area contributed by atoms with Gasteiger partial charge < -0.3 is 14.2 Å². The van der Waals surface area contributed by atoms with Crippen LogP contribution in [-0.2, 0) is 0 Å². The van der Waals surface area contributed by atoms with E-state index in [1.54, 1.807) is 20.3 Å². The number of para-hydroxylation sites is 1. The summed E-state index contributed by atoms with van der Waals surface area (Å²) in [4.78, 5) is 12.8.